The highest BCUT2D eigenvalue weighted by molar-refractivity contribution is 5.86. The Morgan fingerprint density at radius 1 is 1.21 bits per heavy atom. The Balaban J connectivity index is 1.62. The molecule has 1 saturated carbocycles. The summed E-state index contributed by atoms with van der Waals surface area (Å²) in [6, 6.07) is 0.595. The van der Waals surface area contributed by atoms with E-state index in [4.69, 9.17) is 4.74 Å². The number of ketones is 1. The molecule has 0 aromatic carbocycles. The highest BCUT2D eigenvalue weighted by atomic mass is 16.5. The molecule has 108 valence electrons. The largest absolute Gasteiger partial charge is 0.367 e. The summed E-state index contributed by atoms with van der Waals surface area (Å²) in [4.78, 5) is 15.2. The van der Waals surface area contributed by atoms with Crippen LogP contribution in [0.3, 0.4) is 0 Å². The van der Waals surface area contributed by atoms with Gasteiger partial charge in [-0.25, -0.2) is 0 Å². The van der Waals surface area contributed by atoms with E-state index in [2.05, 4.69) is 11.8 Å². The molecule has 0 bridgehead atoms. The average molecular weight is 265 g/mol. The van der Waals surface area contributed by atoms with Crippen LogP contribution in [0.25, 0.3) is 0 Å². The molecule has 2 aliphatic heterocycles. The van der Waals surface area contributed by atoms with Crippen molar-refractivity contribution < 1.29 is 9.53 Å². The molecule has 0 spiro atoms. The summed E-state index contributed by atoms with van der Waals surface area (Å²) in [5, 5.41) is 0. The highest BCUT2D eigenvalue weighted by Gasteiger charge is 2.39. The fraction of sp³-hybridized carbons (Fsp3) is 0.938. The summed E-state index contributed by atoms with van der Waals surface area (Å²) in [6.45, 7) is 5.03. The fourth-order valence-corrected chi connectivity index (χ4v) is 4.30. The van der Waals surface area contributed by atoms with E-state index in [0.29, 0.717) is 17.7 Å². The summed E-state index contributed by atoms with van der Waals surface area (Å²) >= 11 is 0. The first-order valence-corrected chi connectivity index (χ1v) is 8.19. The number of hydrogen-bond donors (Lipinski definition) is 0. The molecule has 4 atom stereocenters. The molecule has 0 amide bonds. The molecule has 2 heterocycles. The maximum absolute atomic E-state index is 12.8. The molecule has 3 nitrogen and oxygen atoms in total. The van der Waals surface area contributed by atoms with Crippen molar-refractivity contribution in [2.24, 2.45) is 11.8 Å². The van der Waals surface area contributed by atoms with Gasteiger partial charge in [0.1, 0.15) is 6.10 Å². The second-order valence-corrected chi connectivity index (χ2v) is 6.57. The number of carbonyl (C=O) groups excluding carboxylic acids is 1. The number of carbonyl (C=O) groups is 1. The van der Waals surface area contributed by atoms with Gasteiger partial charge in [-0.05, 0) is 38.1 Å². The van der Waals surface area contributed by atoms with Crippen LogP contribution in [-0.2, 0) is 9.53 Å². The van der Waals surface area contributed by atoms with Gasteiger partial charge in [0, 0.05) is 18.5 Å². The molecule has 1 aliphatic carbocycles. The van der Waals surface area contributed by atoms with Gasteiger partial charge in [0.05, 0.1) is 6.61 Å². The topological polar surface area (TPSA) is 29.5 Å². The van der Waals surface area contributed by atoms with Gasteiger partial charge in [-0.2, -0.15) is 0 Å². The van der Waals surface area contributed by atoms with Gasteiger partial charge in [-0.1, -0.05) is 26.2 Å². The zero-order valence-electron chi connectivity index (χ0n) is 12.1. The second-order valence-electron chi connectivity index (χ2n) is 6.57. The third-order valence-electron chi connectivity index (χ3n) is 5.51. The maximum atomic E-state index is 12.8. The molecule has 0 radical (unpaired) electrons. The Kier molecular flexibility index (Phi) is 4.23. The van der Waals surface area contributed by atoms with Crippen molar-refractivity contribution in [3.05, 3.63) is 0 Å². The molecule has 19 heavy (non-hydrogen) atoms. The van der Waals surface area contributed by atoms with Crippen LogP contribution in [0.15, 0.2) is 0 Å². The predicted molar refractivity (Wildman–Crippen MR) is 75.1 cm³/mol. The SMILES string of the molecule is CCC1CCCCC1C(=O)C1CN2CCCC2CO1. The molecule has 0 aromatic rings. The minimum atomic E-state index is -0.133. The summed E-state index contributed by atoms with van der Waals surface area (Å²) in [5.41, 5.74) is 0. The normalized spacial score (nSPS) is 40.1. The predicted octanol–water partition coefficient (Wildman–Crippen LogP) is 2.64. The third kappa shape index (κ3) is 2.73. The molecule has 4 unspecified atom stereocenters. The van der Waals surface area contributed by atoms with Crippen molar-refractivity contribution in [1.29, 1.82) is 0 Å². The summed E-state index contributed by atoms with van der Waals surface area (Å²) in [5.74, 6) is 1.31. The molecule has 0 aromatic heterocycles. The van der Waals surface area contributed by atoms with Gasteiger partial charge in [0.25, 0.3) is 0 Å². The van der Waals surface area contributed by atoms with Crippen LogP contribution in [0.1, 0.15) is 51.9 Å². The highest BCUT2D eigenvalue weighted by Crippen LogP contribution is 2.35. The van der Waals surface area contributed by atoms with E-state index < -0.39 is 0 Å². The molecule has 0 N–H and O–H groups in total. The summed E-state index contributed by atoms with van der Waals surface area (Å²) in [7, 11) is 0. The number of ether oxygens (including phenoxy) is 1. The average Bonchev–Trinajstić information content (AvgIpc) is 2.93. The fourth-order valence-electron chi connectivity index (χ4n) is 4.30. The quantitative estimate of drug-likeness (QED) is 0.785. The molecule has 3 rings (SSSR count). The van der Waals surface area contributed by atoms with Gasteiger partial charge in [-0.3, -0.25) is 9.69 Å². The minimum Gasteiger partial charge on any atom is -0.367 e. The van der Waals surface area contributed by atoms with E-state index in [-0.39, 0.29) is 12.0 Å². The standard InChI is InChI=1S/C16H27NO2/c1-2-12-6-3-4-8-14(12)16(18)15-10-17-9-5-7-13(17)11-19-15/h12-15H,2-11H2,1H3. The first-order chi connectivity index (χ1) is 9.29. The van der Waals surface area contributed by atoms with Gasteiger partial charge >= 0.3 is 0 Å². The Morgan fingerprint density at radius 2 is 2.05 bits per heavy atom. The molecular formula is C16H27NO2. The number of hydrogen-bond acceptors (Lipinski definition) is 3. The Labute approximate surface area is 116 Å². The van der Waals surface area contributed by atoms with E-state index in [1.807, 2.05) is 0 Å². The van der Waals surface area contributed by atoms with Crippen LogP contribution in [0.5, 0.6) is 0 Å². The van der Waals surface area contributed by atoms with Crippen molar-refractivity contribution in [1.82, 2.24) is 4.90 Å². The van der Waals surface area contributed by atoms with Crippen LogP contribution in [0, 0.1) is 11.8 Å². The van der Waals surface area contributed by atoms with Gasteiger partial charge in [0.2, 0.25) is 0 Å². The maximum Gasteiger partial charge on any atom is 0.166 e. The first-order valence-electron chi connectivity index (χ1n) is 8.19. The van der Waals surface area contributed by atoms with Crippen LogP contribution in [0.2, 0.25) is 0 Å². The smallest absolute Gasteiger partial charge is 0.166 e. The monoisotopic (exact) mass is 265 g/mol. The molecule has 3 aliphatic rings. The lowest BCUT2D eigenvalue weighted by molar-refractivity contribution is -0.145. The molecular weight excluding hydrogens is 238 g/mol. The Morgan fingerprint density at radius 3 is 2.89 bits per heavy atom. The second kappa shape index (κ2) is 5.92. The van der Waals surface area contributed by atoms with Crippen molar-refractivity contribution >= 4 is 5.78 Å². The Bertz CT molecular complexity index is 331. The summed E-state index contributed by atoms with van der Waals surface area (Å²) < 4.78 is 5.91. The first kappa shape index (κ1) is 13.6. The van der Waals surface area contributed by atoms with Gasteiger partial charge in [-0.15, -0.1) is 0 Å². The van der Waals surface area contributed by atoms with Crippen molar-refractivity contribution in [2.45, 2.75) is 64.0 Å². The van der Waals surface area contributed by atoms with Gasteiger partial charge in [0.15, 0.2) is 5.78 Å². The van der Waals surface area contributed by atoms with E-state index in [0.717, 1.165) is 26.0 Å². The number of Topliss-reactive ketones (excluding diaryl/α,β-unsaturated/α-hetero) is 1. The van der Waals surface area contributed by atoms with Crippen LogP contribution < -0.4 is 0 Å². The zero-order valence-corrected chi connectivity index (χ0v) is 12.1. The van der Waals surface area contributed by atoms with E-state index in [1.165, 1.54) is 38.6 Å². The van der Waals surface area contributed by atoms with Crippen molar-refractivity contribution in [3.63, 3.8) is 0 Å². The van der Waals surface area contributed by atoms with Gasteiger partial charge < -0.3 is 4.74 Å². The lowest BCUT2D eigenvalue weighted by atomic mass is 9.74. The third-order valence-corrected chi connectivity index (χ3v) is 5.51. The van der Waals surface area contributed by atoms with Crippen LogP contribution in [0.4, 0.5) is 0 Å². The number of morpholine rings is 1. The van der Waals surface area contributed by atoms with E-state index in [9.17, 15) is 4.79 Å². The Hall–Kier alpha value is -0.410. The van der Waals surface area contributed by atoms with Crippen LogP contribution >= 0.6 is 0 Å². The molecule has 3 heteroatoms. The van der Waals surface area contributed by atoms with Crippen LogP contribution in [-0.4, -0.2) is 42.5 Å². The number of nitrogens with zero attached hydrogens (tertiary/aromatic N) is 1. The van der Waals surface area contributed by atoms with E-state index in [1.54, 1.807) is 0 Å². The lowest BCUT2D eigenvalue weighted by Gasteiger charge is -2.38. The zero-order chi connectivity index (χ0) is 13.2. The van der Waals surface area contributed by atoms with Crippen molar-refractivity contribution in [2.75, 3.05) is 19.7 Å². The van der Waals surface area contributed by atoms with Crippen molar-refractivity contribution in [3.8, 4) is 0 Å². The van der Waals surface area contributed by atoms with E-state index >= 15 is 0 Å². The summed E-state index contributed by atoms with van der Waals surface area (Å²) in [6.07, 6.45) is 8.42. The minimum absolute atomic E-state index is 0.133. The molecule has 2 saturated heterocycles. The number of fused-ring (bicyclic) bond motifs is 1. The lowest BCUT2D eigenvalue weighted by Crippen LogP contribution is -2.51. The molecule has 3 fully saturated rings. The number of rotatable bonds is 3.